The van der Waals surface area contributed by atoms with Crippen molar-refractivity contribution < 1.29 is 35.6 Å². The highest BCUT2D eigenvalue weighted by Gasteiger charge is 2.67. The van der Waals surface area contributed by atoms with E-state index in [0.717, 1.165) is 6.08 Å². The lowest BCUT2D eigenvalue weighted by molar-refractivity contribution is -0.121. The summed E-state index contributed by atoms with van der Waals surface area (Å²) < 4.78 is 86.5. The number of dihydropyridines is 1. The summed E-state index contributed by atoms with van der Waals surface area (Å²) in [5, 5.41) is 8.89. The van der Waals surface area contributed by atoms with E-state index in [1.807, 2.05) is 0 Å². The van der Waals surface area contributed by atoms with E-state index in [2.05, 4.69) is 16.0 Å². The maximum absolute atomic E-state index is 15.2. The fourth-order valence-electron chi connectivity index (χ4n) is 7.64. The number of carbonyl (C=O) groups excluding carboxylic acids is 2. The van der Waals surface area contributed by atoms with Crippen LogP contribution in [-0.4, -0.2) is 57.1 Å². The molecule has 13 heteroatoms. The topological polar surface area (TPSA) is 108 Å². The van der Waals surface area contributed by atoms with Crippen molar-refractivity contribution in [2.45, 2.75) is 49.5 Å². The van der Waals surface area contributed by atoms with Crippen molar-refractivity contribution in [3.05, 3.63) is 113 Å². The van der Waals surface area contributed by atoms with Crippen LogP contribution >= 0.6 is 0 Å². The number of aldehydes is 1. The number of carbonyl (C=O) groups is 2. The Morgan fingerprint density at radius 3 is 2.55 bits per heavy atom. The van der Waals surface area contributed by atoms with Gasteiger partial charge in [0.15, 0.2) is 0 Å². The Balaban J connectivity index is 1.16. The van der Waals surface area contributed by atoms with Gasteiger partial charge in [-0.2, -0.15) is 4.31 Å². The van der Waals surface area contributed by atoms with E-state index in [-0.39, 0.29) is 30.8 Å². The summed E-state index contributed by atoms with van der Waals surface area (Å²) in [5.74, 6) is -4.41. The van der Waals surface area contributed by atoms with E-state index in [4.69, 9.17) is 0 Å². The standard InChI is InChI=1S/C36H38F4N4O4S/c1-36(30-15-25(38)16-31(39)35(30)36)29(23-7-9-24(37)10-8-23)17-34(46)43-33-20-42-19-32(40)28(33)4-2-3-26-18-41-13-14-44(26)49(47,48)27-11-5-22(21-45)6-12-27/h5-12,15-16,19,21,26,29-30,35,41-42H,2-4,13-14,17-18,20H2,1H3,(H,43,46)/t26-,29-,30?,35?,36?/m0/s1. The third-order valence-electron chi connectivity index (χ3n) is 10.3. The molecule has 2 aliphatic heterocycles. The number of rotatable bonds is 12. The average molecular weight is 699 g/mol. The fourth-order valence-corrected chi connectivity index (χ4v) is 9.30. The van der Waals surface area contributed by atoms with Crippen LogP contribution in [0.4, 0.5) is 17.6 Å². The summed E-state index contributed by atoms with van der Waals surface area (Å²) in [5.41, 5.74) is 0.761. The van der Waals surface area contributed by atoms with Crippen LogP contribution in [0.2, 0.25) is 0 Å². The molecule has 0 spiro atoms. The Hall–Kier alpha value is -4.07. The summed E-state index contributed by atoms with van der Waals surface area (Å²) in [6.07, 6.45) is 5.02. The van der Waals surface area contributed by atoms with Crippen LogP contribution in [0.1, 0.15) is 54.4 Å². The van der Waals surface area contributed by atoms with Crippen LogP contribution in [0.25, 0.3) is 0 Å². The summed E-state index contributed by atoms with van der Waals surface area (Å²) in [6.45, 7) is 3.08. The Labute approximate surface area is 283 Å². The molecule has 6 rings (SSSR count). The van der Waals surface area contributed by atoms with Gasteiger partial charge in [-0.05, 0) is 72.4 Å². The molecule has 49 heavy (non-hydrogen) atoms. The first-order valence-electron chi connectivity index (χ1n) is 16.3. The number of nitrogens with zero attached hydrogens (tertiary/aromatic N) is 1. The number of piperazine rings is 1. The van der Waals surface area contributed by atoms with Crippen LogP contribution in [0.15, 0.2) is 101 Å². The second-order valence-electron chi connectivity index (χ2n) is 13.2. The van der Waals surface area contributed by atoms with Gasteiger partial charge in [0.1, 0.15) is 29.6 Å². The van der Waals surface area contributed by atoms with E-state index in [0.29, 0.717) is 54.6 Å². The molecule has 2 heterocycles. The molecule has 3 N–H and O–H groups in total. The molecule has 2 aromatic rings. The van der Waals surface area contributed by atoms with Crippen molar-refractivity contribution in [2.75, 3.05) is 26.2 Å². The molecule has 4 aliphatic rings. The molecule has 1 amide bonds. The number of allylic oxidation sites excluding steroid dienone is 6. The van der Waals surface area contributed by atoms with Gasteiger partial charge < -0.3 is 16.0 Å². The second kappa shape index (κ2) is 14.0. The number of nitrogens with one attached hydrogen (secondary N) is 3. The third-order valence-corrected chi connectivity index (χ3v) is 12.3. The number of halogens is 4. The SMILES string of the molecule is CC1([C@@H](CC(=O)NC2=C(CCC[C@H]3CNCCN3S(=O)(=O)c3ccc(C=O)cc3)C(F)=CNC2)c2ccc(F)cc2)C2C=C(F)C=C(F)C21. The number of sulfonamides is 1. The highest BCUT2D eigenvalue weighted by Crippen LogP contribution is 2.71. The quantitative estimate of drug-likeness (QED) is 0.194. The van der Waals surface area contributed by atoms with E-state index in [1.54, 1.807) is 19.1 Å². The largest absolute Gasteiger partial charge is 0.383 e. The zero-order valence-corrected chi connectivity index (χ0v) is 27.7. The molecule has 3 unspecified atom stereocenters. The predicted molar refractivity (Wildman–Crippen MR) is 176 cm³/mol. The minimum absolute atomic E-state index is 0.0863. The molecule has 2 fully saturated rings. The van der Waals surface area contributed by atoms with Crippen LogP contribution < -0.4 is 16.0 Å². The van der Waals surface area contributed by atoms with Gasteiger partial charge in [0.25, 0.3) is 0 Å². The maximum atomic E-state index is 15.2. The molecular weight excluding hydrogens is 660 g/mol. The number of benzene rings is 2. The minimum Gasteiger partial charge on any atom is -0.383 e. The summed E-state index contributed by atoms with van der Waals surface area (Å²) in [6, 6.07) is 11.0. The monoisotopic (exact) mass is 698 g/mol. The van der Waals surface area contributed by atoms with Gasteiger partial charge in [0.2, 0.25) is 15.9 Å². The van der Waals surface area contributed by atoms with E-state index in [9.17, 15) is 31.2 Å². The van der Waals surface area contributed by atoms with Gasteiger partial charge in [-0.3, -0.25) is 9.59 Å². The van der Waals surface area contributed by atoms with Crippen LogP contribution in [0, 0.1) is 23.1 Å². The Morgan fingerprint density at radius 2 is 1.84 bits per heavy atom. The Kier molecular flexibility index (Phi) is 9.97. The molecule has 8 nitrogen and oxygen atoms in total. The lowest BCUT2D eigenvalue weighted by Gasteiger charge is -2.35. The lowest BCUT2D eigenvalue weighted by Crippen LogP contribution is -2.53. The van der Waals surface area contributed by atoms with Gasteiger partial charge in [0, 0.05) is 67.1 Å². The number of amides is 1. The summed E-state index contributed by atoms with van der Waals surface area (Å²) in [7, 11) is -3.85. The first kappa shape index (κ1) is 34.8. The average Bonchev–Trinajstić information content (AvgIpc) is 3.69. The first-order chi connectivity index (χ1) is 23.4. The Morgan fingerprint density at radius 1 is 1.10 bits per heavy atom. The number of hydrogen-bond donors (Lipinski definition) is 3. The van der Waals surface area contributed by atoms with Gasteiger partial charge >= 0.3 is 0 Å². The number of fused-ring (bicyclic) bond motifs is 1. The predicted octanol–water partition coefficient (Wildman–Crippen LogP) is 5.70. The molecule has 5 atom stereocenters. The van der Waals surface area contributed by atoms with Gasteiger partial charge in [-0.1, -0.05) is 31.2 Å². The van der Waals surface area contributed by atoms with Crippen LogP contribution in [-0.2, 0) is 14.8 Å². The van der Waals surface area contributed by atoms with Crippen molar-refractivity contribution in [1.82, 2.24) is 20.3 Å². The van der Waals surface area contributed by atoms with E-state index in [1.165, 1.54) is 53.0 Å². The molecule has 1 saturated carbocycles. The normalized spacial score (nSPS) is 26.1. The molecule has 0 radical (unpaired) electrons. The third kappa shape index (κ3) is 7.01. The van der Waals surface area contributed by atoms with Gasteiger partial charge in [-0.25, -0.2) is 26.0 Å². The molecular formula is C36H38F4N4O4S. The van der Waals surface area contributed by atoms with Crippen LogP contribution in [0.5, 0.6) is 0 Å². The molecule has 260 valence electrons. The van der Waals surface area contributed by atoms with Crippen molar-refractivity contribution >= 4 is 22.2 Å². The molecule has 0 bridgehead atoms. The maximum Gasteiger partial charge on any atom is 0.243 e. The van der Waals surface area contributed by atoms with Crippen molar-refractivity contribution in [3.63, 3.8) is 0 Å². The smallest absolute Gasteiger partial charge is 0.243 e. The zero-order valence-electron chi connectivity index (χ0n) is 26.9. The highest BCUT2D eigenvalue weighted by atomic mass is 32.2. The van der Waals surface area contributed by atoms with Crippen molar-refractivity contribution in [2.24, 2.45) is 17.3 Å². The highest BCUT2D eigenvalue weighted by molar-refractivity contribution is 7.89. The van der Waals surface area contributed by atoms with Crippen molar-refractivity contribution in [3.8, 4) is 0 Å². The summed E-state index contributed by atoms with van der Waals surface area (Å²) >= 11 is 0. The van der Waals surface area contributed by atoms with Crippen LogP contribution in [0.3, 0.4) is 0 Å². The lowest BCUT2D eigenvalue weighted by atomic mass is 9.79. The first-order valence-corrected chi connectivity index (χ1v) is 17.8. The van der Waals surface area contributed by atoms with E-state index >= 15 is 4.39 Å². The summed E-state index contributed by atoms with van der Waals surface area (Å²) in [4.78, 5) is 24.7. The zero-order chi connectivity index (χ0) is 34.9. The molecule has 1 saturated heterocycles. The number of hydrogen-bond acceptors (Lipinski definition) is 6. The van der Waals surface area contributed by atoms with Crippen molar-refractivity contribution in [1.29, 1.82) is 0 Å². The Bertz CT molecular complexity index is 1840. The molecule has 2 aliphatic carbocycles. The molecule has 2 aromatic carbocycles. The van der Waals surface area contributed by atoms with E-state index < -0.39 is 68.4 Å². The fraction of sp³-hybridized carbons (Fsp3) is 0.389. The second-order valence-corrected chi connectivity index (χ2v) is 15.1. The molecule has 0 aromatic heterocycles. The van der Waals surface area contributed by atoms with Gasteiger partial charge in [-0.15, -0.1) is 0 Å². The minimum atomic E-state index is -3.85. The van der Waals surface area contributed by atoms with Gasteiger partial charge in [0.05, 0.1) is 11.4 Å².